The predicted molar refractivity (Wildman–Crippen MR) is 78.0 cm³/mol. The molecule has 1 fully saturated rings. The van der Waals surface area contributed by atoms with Crippen LogP contribution in [0.15, 0.2) is 24.3 Å². The quantitative estimate of drug-likeness (QED) is 0.895. The second kappa shape index (κ2) is 6.42. The summed E-state index contributed by atoms with van der Waals surface area (Å²) in [6.45, 7) is 5.55. The van der Waals surface area contributed by atoms with Gasteiger partial charge in [-0.3, -0.25) is 0 Å². The topological polar surface area (TPSA) is 56.1 Å². The van der Waals surface area contributed by atoms with Gasteiger partial charge in [-0.15, -0.1) is 0 Å². The van der Waals surface area contributed by atoms with Crippen LogP contribution in [0.3, 0.4) is 0 Å². The van der Waals surface area contributed by atoms with Crippen LogP contribution in [0.25, 0.3) is 0 Å². The van der Waals surface area contributed by atoms with Gasteiger partial charge in [0.25, 0.3) is 0 Å². The second-order valence-electron chi connectivity index (χ2n) is 5.50. The zero-order valence-corrected chi connectivity index (χ0v) is 12.1. The minimum atomic E-state index is 0.0190. The normalized spacial score (nSPS) is 20.1. The second-order valence-corrected chi connectivity index (χ2v) is 5.50. The summed E-state index contributed by atoms with van der Waals surface area (Å²) in [4.78, 5) is 14.1. The van der Waals surface area contributed by atoms with E-state index in [0.29, 0.717) is 24.1 Å². The lowest BCUT2D eigenvalue weighted by molar-refractivity contribution is 0.194. The van der Waals surface area contributed by atoms with Gasteiger partial charge in [0.15, 0.2) is 0 Å². The lowest BCUT2D eigenvalue weighted by Gasteiger charge is -2.23. The molecular weight excluding hydrogens is 250 g/mol. The van der Waals surface area contributed by atoms with E-state index in [0.717, 1.165) is 24.9 Å². The third-order valence-corrected chi connectivity index (χ3v) is 3.66. The summed E-state index contributed by atoms with van der Waals surface area (Å²) in [5.41, 5.74) is 1.70. The number of rotatable bonds is 5. The SMILES string of the molecule is CCCN(Cc1ccc(C#N)cc1)C(=O)N[C@@H]1C[C@@H]1C. The van der Waals surface area contributed by atoms with E-state index in [9.17, 15) is 4.79 Å². The molecule has 1 aliphatic rings. The van der Waals surface area contributed by atoms with Crippen molar-refractivity contribution in [1.29, 1.82) is 5.26 Å². The van der Waals surface area contributed by atoms with Gasteiger partial charge in [0.1, 0.15) is 0 Å². The van der Waals surface area contributed by atoms with Crippen LogP contribution in [0.1, 0.15) is 37.8 Å². The Bertz CT molecular complexity index is 503. The van der Waals surface area contributed by atoms with Crippen molar-refractivity contribution in [2.75, 3.05) is 6.54 Å². The molecule has 1 aromatic rings. The molecular formula is C16H21N3O. The van der Waals surface area contributed by atoms with Crippen molar-refractivity contribution >= 4 is 6.03 Å². The molecule has 4 heteroatoms. The Kier molecular flexibility index (Phi) is 4.62. The third kappa shape index (κ3) is 3.74. The summed E-state index contributed by atoms with van der Waals surface area (Å²) in [7, 11) is 0. The number of benzene rings is 1. The third-order valence-electron chi connectivity index (χ3n) is 3.66. The molecule has 0 spiro atoms. The molecule has 2 rings (SSSR count). The summed E-state index contributed by atoms with van der Waals surface area (Å²) in [5, 5.41) is 11.9. The number of hydrogen-bond donors (Lipinski definition) is 1. The van der Waals surface area contributed by atoms with Crippen LogP contribution in [-0.4, -0.2) is 23.5 Å². The molecule has 0 aromatic heterocycles. The minimum absolute atomic E-state index is 0.0190. The molecule has 0 aliphatic heterocycles. The van der Waals surface area contributed by atoms with Crippen LogP contribution in [0.4, 0.5) is 4.79 Å². The number of nitriles is 1. The van der Waals surface area contributed by atoms with E-state index in [2.05, 4.69) is 25.2 Å². The van der Waals surface area contributed by atoms with Gasteiger partial charge in [-0.1, -0.05) is 26.0 Å². The number of amides is 2. The molecule has 2 atom stereocenters. The van der Waals surface area contributed by atoms with Gasteiger partial charge in [0, 0.05) is 19.1 Å². The van der Waals surface area contributed by atoms with Crippen molar-refractivity contribution in [1.82, 2.24) is 10.2 Å². The van der Waals surface area contributed by atoms with Gasteiger partial charge in [-0.05, 0) is 36.5 Å². The molecule has 106 valence electrons. The van der Waals surface area contributed by atoms with Crippen molar-refractivity contribution in [2.45, 2.75) is 39.3 Å². The molecule has 0 bridgehead atoms. The van der Waals surface area contributed by atoms with Gasteiger partial charge in [-0.25, -0.2) is 4.79 Å². The average molecular weight is 271 g/mol. The van der Waals surface area contributed by atoms with Crippen molar-refractivity contribution in [3.63, 3.8) is 0 Å². The first-order chi connectivity index (χ1) is 9.63. The Morgan fingerprint density at radius 2 is 2.10 bits per heavy atom. The summed E-state index contributed by atoms with van der Waals surface area (Å²) >= 11 is 0. The molecule has 4 nitrogen and oxygen atoms in total. The number of nitrogens with zero attached hydrogens (tertiary/aromatic N) is 2. The van der Waals surface area contributed by atoms with E-state index in [1.807, 2.05) is 17.0 Å². The monoisotopic (exact) mass is 271 g/mol. The first-order valence-electron chi connectivity index (χ1n) is 7.18. The summed E-state index contributed by atoms with van der Waals surface area (Å²) < 4.78 is 0. The van der Waals surface area contributed by atoms with Crippen molar-refractivity contribution in [3.8, 4) is 6.07 Å². The fourth-order valence-corrected chi connectivity index (χ4v) is 2.20. The standard InChI is InChI=1S/C16H21N3O/c1-3-8-19(16(20)18-15-9-12(15)2)11-14-6-4-13(10-17)5-7-14/h4-7,12,15H,3,8-9,11H2,1-2H3,(H,18,20)/t12-,15+/m0/s1. The maximum absolute atomic E-state index is 12.2. The summed E-state index contributed by atoms with van der Waals surface area (Å²) in [6.07, 6.45) is 2.02. The maximum Gasteiger partial charge on any atom is 0.317 e. The van der Waals surface area contributed by atoms with E-state index in [4.69, 9.17) is 5.26 Å². The fourth-order valence-electron chi connectivity index (χ4n) is 2.20. The van der Waals surface area contributed by atoms with Crippen LogP contribution in [0, 0.1) is 17.2 Å². The maximum atomic E-state index is 12.2. The molecule has 1 aliphatic carbocycles. The van der Waals surface area contributed by atoms with E-state index < -0.39 is 0 Å². The van der Waals surface area contributed by atoms with Crippen molar-refractivity contribution < 1.29 is 4.79 Å². The fraction of sp³-hybridized carbons (Fsp3) is 0.500. The van der Waals surface area contributed by atoms with Crippen LogP contribution < -0.4 is 5.32 Å². The highest BCUT2D eigenvalue weighted by Crippen LogP contribution is 2.29. The largest absolute Gasteiger partial charge is 0.335 e. The van der Waals surface area contributed by atoms with Crippen LogP contribution in [-0.2, 0) is 6.54 Å². The number of carbonyl (C=O) groups excluding carboxylic acids is 1. The molecule has 0 radical (unpaired) electrons. The van der Waals surface area contributed by atoms with Crippen molar-refractivity contribution in [3.05, 3.63) is 35.4 Å². The van der Waals surface area contributed by atoms with Crippen LogP contribution in [0.5, 0.6) is 0 Å². The van der Waals surface area contributed by atoms with Gasteiger partial charge >= 0.3 is 6.03 Å². The van der Waals surface area contributed by atoms with Gasteiger partial charge in [0.05, 0.1) is 11.6 Å². The molecule has 1 N–H and O–H groups in total. The van der Waals surface area contributed by atoms with Gasteiger partial charge < -0.3 is 10.2 Å². The number of hydrogen-bond acceptors (Lipinski definition) is 2. The summed E-state index contributed by atoms with van der Waals surface area (Å²) in [5.74, 6) is 0.609. The van der Waals surface area contributed by atoms with Gasteiger partial charge in [-0.2, -0.15) is 5.26 Å². The molecule has 20 heavy (non-hydrogen) atoms. The van der Waals surface area contributed by atoms with Crippen molar-refractivity contribution in [2.24, 2.45) is 5.92 Å². The van der Waals surface area contributed by atoms with Crippen LogP contribution >= 0.6 is 0 Å². The highest BCUT2D eigenvalue weighted by molar-refractivity contribution is 5.75. The molecule has 0 heterocycles. The molecule has 0 saturated heterocycles. The number of nitrogens with one attached hydrogen (secondary N) is 1. The van der Waals surface area contributed by atoms with E-state index in [1.54, 1.807) is 12.1 Å². The lowest BCUT2D eigenvalue weighted by atomic mass is 10.1. The number of carbonyl (C=O) groups is 1. The smallest absolute Gasteiger partial charge is 0.317 e. The highest BCUT2D eigenvalue weighted by Gasteiger charge is 2.34. The van der Waals surface area contributed by atoms with E-state index >= 15 is 0 Å². The zero-order valence-electron chi connectivity index (χ0n) is 12.1. The van der Waals surface area contributed by atoms with E-state index in [1.165, 1.54) is 0 Å². The number of urea groups is 1. The Labute approximate surface area is 120 Å². The molecule has 1 aromatic carbocycles. The Morgan fingerprint density at radius 1 is 1.45 bits per heavy atom. The van der Waals surface area contributed by atoms with Crippen LogP contribution in [0.2, 0.25) is 0 Å². The Balaban J connectivity index is 1.96. The minimum Gasteiger partial charge on any atom is -0.335 e. The Hall–Kier alpha value is -2.02. The van der Waals surface area contributed by atoms with E-state index in [-0.39, 0.29) is 6.03 Å². The Morgan fingerprint density at radius 3 is 2.60 bits per heavy atom. The average Bonchev–Trinajstić information content (AvgIpc) is 3.14. The zero-order chi connectivity index (χ0) is 14.5. The highest BCUT2D eigenvalue weighted by atomic mass is 16.2. The first kappa shape index (κ1) is 14.4. The van der Waals surface area contributed by atoms with Gasteiger partial charge in [0.2, 0.25) is 0 Å². The lowest BCUT2D eigenvalue weighted by Crippen LogP contribution is -2.41. The molecule has 2 amide bonds. The summed E-state index contributed by atoms with van der Waals surface area (Å²) in [6, 6.07) is 9.88. The molecule has 0 unspecified atom stereocenters. The predicted octanol–water partition coefficient (Wildman–Crippen LogP) is 2.89. The first-order valence-corrected chi connectivity index (χ1v) is 7.18. The molecule has 1 saturated carbocycles.